The summed E-state index contributed by atoms with van der Waals surface area (Å²) >= 11 is 0. The fourth-order valence-electron chi connectivity index (χ4n) is 2.08. The summed E-state index contributed by atoms with van der Waals surface area (Å²) in [5.74, 6) is 5.38. The van der Waals surface area contributed by atoms with Crippen molar-refractivity contribution in [2.45, 2.75) is 13.0 Å². The molecular weight excluding hydrogens is 332 g/mol. The van der Waals surface area contributed by atoms with Crippen LogP contribution < -0.4 is 11.1 Å². The quantitative estimate of drug-likeness (QED) is 0.374. The molecule has 0 bridgehead atoms. The van der Waals surface area contributed by atoms with Gasteiger partial charge in [-0.3, -0.25) is 0 Å². The lowest BCUT2D eigenvalue weighted by Crippen LogP contribution is -2.24. The fourth-order valence-corrected chi connectivity index (χ4v) is 2.08. The van der Waals surface area contributed by atoms with Crippen LogP contribution in [0.5, 0.6) is 0 Å². The average Bonchev–Trinajstić information content (AvgIpc) is 2.67. The van der Waals surface area contributed by atoms with E-state index in [4.69, 9.17) is 10.5 Å². The van der Waals surface area contributed by atoms with Crippen molar-refractivity contribution in [2.24, 2.45) is 0 Å². The summed E-state index contributed by atoms with van der Waals surface area (Å²) in [5.41, 5.74) is 8.18. The van der Waals surface area contributed by atoms with E-state index >= 15 is 0 Å². The molecule has 0 radical (unpaired) electrons. The highest BCUT2D eigenvalue weighted by Crippen LogP contribution is 2.14. The maximum atomic E-state index is 11.6. The Morgan fingerprint density at radius 3 is 2.62 bits per heavy atom. The molecule has 2 aromatic carbocycles. The molecule has 0 aromatic heterocycles. The molecule has 3 N–H and O–H groups in total. The number of benzene rings is 2. The number of amides is 1. The van der Waals surface area contributed by atoms with Crippen molar-refractivity contribution in [1.29, 1.82) is 0 Å². The minimum Gasteiger partial charge on any atom is -0.465 e. The molecule has 0 heterocycles. The summed E-state index contributed by atoms with van der Waals surface area (Å²) in [7, 11) is 1.31. The second-order valence-electron chi connectivity index (χ2n) is 5.33. The maximum absolute atomic E-state index is 11.6. The lowest BCUT2D eigenvalue weighted by Gasteiger charge is -2.05. The highest BCUT2D eigenvalue weighted by atomic mass is 16.5. The van der Waals surface area contributed by atoms with E-state index in [0.29, 0.717) is 29.8 Å². The second kappa shape index (κ2) is 9.74. The molecule has 0 aliphatic rings. The highest BCUT2D eigenvalue weighted by Gasteiger charge is 2.06. The highest BCUT2D eigenvalue weighted by molar-refractivity contribution is 5.90. The molecule has 0 saturated carbocycles. The smallest absolute Gasteiger partial charge is 0.407 e. The van der Waals surface area contributed by atoms with Crippen molar-refractivity contribution in [2.75, 3.05) is 19.4 Å². The Bertz CT molecular complexity index is 823. The Kier molecular flexibility index (Phi) is 7.07. The maximum Gasteiger partial charge on any atom is 0.407 e. The third kappa shape index (κ3) is 5.87. The first-order chi connectivity index (χ1) is 12.6. The largest absolute Gasteiger partial charge is 0.465 e. The predicted molar refractivity (Wildman–Crippen MR) is 98.3 cm³/mol. The van der Waals surface area contributed by atoms with E-state index in [0.717, 1.165) is 5.56 Å². The standard InChI is InChI=1S/C20H20N2O4/c1-25-19(23)17-11-10-16(18(21)13-17)9-5-6-12-22-20(24)26-14-15-7-3-2-4-8-15/h2-4,7-8,10-11,13H,6,12,14,21H2,1H3,(H,22,24). The van der Waals surface area contributed by atoms with Crippen LogP contribution in [0, 0.1) is 11.8 Å². The molecule has 2 aromatic rings. The van der Waals surface area contributed by atoms with Gasteiger partial charge in [-0.15, -0.1) is 0 Å². The Labute approximate surface area is 152 Å². The van der Waals surface area contributed by atoms with Gasteiger partial charge in [-0.25, -0.2) is 9.59 Å². The first-order valence-electron chi connectivity index (χ1n) is 8.01. The van der Waals surface area contributed by atoms with Crippen LogP contribution in [0.25, 0.3) is 0 Å². The normalized spacial score (nSPS) is 9.58. The van der Waals surface area contributed by atoms with Gasteiger partial charge in [-0.05, 0) is 23.8 Å². The SMILES string of the molecule is COC(=O)c1ccc(C#CCCNC(=O)OCc2ccccc2)c(N)c1. The molecule has 6 heteroatoms. The molecule has 0 fully saturated rings. The number of methoxy groups -OCH3 is 1. The molecule has 134 valence electrons. The van der Waals surface area contributed by atoms with E-state index in [9.17, 15) is 9.59 Å². The molecule has 0 saturated heterocycles. The minimum atomic E-state index is -0.488. The summed E-state index contributed by atoms with van der Waals surface area (Å²) in [6.45, 7) is 0.586. The van der Waals surface area contributed by atoms with Crippen LogP contribution in [0.2, 0.25) is 0 Å². The summed E-state index contributed by atoms with van der Waals surface area (Å²) < 4.78 is 9.73. The lowest BCUT2D eigenvalue weighted by atomic mass is 10.1. The van der Waals surface area contributed by atoms with Gasteiger partial charge in [-0.2, -0.15) is 0 Å². The number of carbonyl (C=O) groups is 2. The van der Waals surface area contributed by atoms with Gasteiger partial charge >= 0.3 is 12.1 Å². The van der Waals surface area contributed by atoms with E-state index < -0.39 is 12.1 Å². The molecule has 2 rings (SSSR count). The Balaban J connectivity index is 1.75. The number of nitrogens with one attached hydrogen (secondary N) is 1. The number of carbonyl (C=O) groups excluding carboxylic acids is 2. The zero-order valence-corrected chi connectivity index (χ0v) is 14.5. The third-order valence-electron chi connectivity index (χ3n) is 3.43. The predicted octanol–water partition coefficient (Wildman–Crippen LogP) is 2.72. The van der Waals surface area contributed by atoms with E-state index in [2.05, 4.69) is 21.9 Å². The monoisotopic (exact) mass is 352 g/mol. The van der Waals surface area contributed by atoms with Crippen LogP contribution in [0.15, 0.2) is 48.5 Å². The van der Waals surface area contributed by atoms with E-state index in [-0.39, 0.29) is 6.61 Å². The summed E-state index contributed by atoms with van der Waals surface area (Å²) in [6.07, 6.45) is -0.0452. The average molecular weight is 352 g/mol. The molecule has 6 nitrogen and oxygen atoms in total. The van der Waals surface area contributed by atoms with Gasteiger partial charge in [0.2, 0.25) is 0 Å². The van der Waals surface area contributed by atoms with Crippen LogP contribution in [-0.2, 0) is 16.1 Å². The van der Waals surface area contributed by atoms with Gasteiger partial charge in [0.1, 0.15) is 6.61 Å². The first-order valence-corrected chi connectivity index (χ1v) is 8.01. The summed E-state index contributed by atoms with van der Waals surface area (Å²) in [4.78, 5) is 23.0. The number of alkyl carbamates (subject to hydrolysis) is 1. The topological polar surface area (TPSA) is 90.6 Å². The molecular formula is C20H20N2O4. The van der Waals surface area contributed by atoms with Crippen LogP contribution in [0.3, 0.4) is 0 Å². The van der Waals surface area contributed by atoms with Gasteiger partial charge in [0.05, 0.1) is 12.7 Å². The Morgan fingerprint density at radius 2 is 1.92 bits per heavy atom. The molecule has 26 heavy (non-hydrogen) atoms. The van der Waals surface area contributed by atoms with Crippen molar-refractivity contribution in [3.8, 4) is 11.8 Å². The second-order valence-corrected chi connectivity index (χ2v) is 5.33. The molecule has 0 unspecified atom stereocenters. The van der Waals surface area contributed by atoms with Gasteiger partial charge in [0.25, 0.3) is 0 Å². The zero-order valence-electron chi connectivity index (χ0n) is 14.5. The summed E-state index contributed by atoms with van der Waals surface area (Å²) in [5, 5.41) is 2.63. The van der Waals surface area contributed by atoms with Gasteiger partial charge in [0.15, 0.2) is 0 Å². The minimum absolute atomic E-state index is 0.224. The van der Waals surface area contributed by atoms with Crippen molar-refractivity contribution in [3.63, 3.8) is 0 Å². The Morgan fingerprint density at radius 1 is 1.15 bits per heavy atom. The van der Waals surface area contributed by atoms with Crippen molar-refractivity contribution < 1.29 is 19.1 Å². The van der Waals surface area contributed by atoms with Crippen LogP contribution in [-0.4, -0.2) is 25.7 Å². The zero-order chi connectivity index (χ0) is 18.8. The van der Waals surface area contributed by atoms with Crippen LogP contribution in [0.1, 0.15) is 27.9 Å². The summed E-state index contributed by atoms with van der Waals surface area (Å²) in [6, 6.07) is 14.2. The fraction of sp³-hybridized carbons (Fsp3) is 0.200. The van der Waals surface area contributed by atoms with Crippen LogP contribution in [0.4, 0.5) is 10.5 Å². The third-order valence-corrected chi connectivity index (χ3v) is 3.43. The van der Waals surface area contributed by atoms with Gasteiger partial charge in [-0.1, -0.05) is 42.2 Å². The molecule has 1 amide bonds. The number of nitrogens with two attached hydrogens (primary N) is 1. The lowest BCUT2D eigenvalue weighted by molar-refractivity contribution is 0.0600. The number of hydrogen-bond donors (Lipinski definition) is 2. The van der Waals surface area contributed by atoms with Crippen LogP contribution >= 0.6 is 0 Å². The molecule has 0 aliphatic heterocycles. The number of esters is 1. The van der Waals surface area contributed by atoms with E-state index in [1.807, 2.05) is 30.3 Å². The number of ether oxygens (including phenoxy) is 2. The number of anilines is 1. The van der Waals surface area contributed by atoms with Crippen molar-refractivity contribution in [3.05, 3.63) is 65.2 Å². The number of hydrogen-bond acceptors (Lipinski definition) is 5. The van der Waals surface area contributed by atoms with E-state index in [1.54, 1.807) is 12.1 Å². The van der Waals surface area contributed by atoms with E-state index in [1.165, 1.54) is 13.2 Å². The molecule has 0 spiro atoms. The number of nitrogen functional groups attached to an aromatic ring is 1. The van der Waals surface area contributed by atoms with Crippen molar-refractivity contribution >= 4 is 17.7 Å². The van der Waals surface area contributed by atoms with Crippen molar-refractivity contribution in [1.82, 2.24) is 5.32 Å². The molecule has 0 atom stereocenters. The van der Waals surface area contributed by atoms with Gasteiger partial charge < -0.3 is 20.5 Å². The Hall–Kier alpha value is -3.46. The first kappa shape index (κ1) is 18.9. The molecule has 0 aliphatic carbocycles. The number of rotatable bonds is 5. The van der Waals surface area contributed by atoms with Gasteiger partial charge in [0, 0.05) is 24.2 Å².